The minimum atomic E-state index is -1.22. The fraction of sp³-hybridized carbons (Fsp3) is 0.417. The first-order chi connectivity index (χ1) is 8.56. The van der Waals surface area contributed by atoms with Crippen LogP contribution in [0.1, 0.15) is 19.3 Å². The lowest BCUT2D eigenvalue weighted by atomic mass is 10.3. The molecule has 98 valence electrons. The zero-order valence-corrected chi connectivity index (χ0v) is 12.2. The molecule has 2 rings (SSSR count). The number of nitrogens with two attached hydrogens (primary N) is 1. The largest absolute Gasteiger partial charge is 0.398 e. The molecular formula is C12H15BrN2O2S. The number of hydrogen-bond acceptors (Lipinski definition) is 3. The van der Waals surface area contributed by atoms with E-state index in [0.29, 0.717) is 22.4 Å². The van der Waals surface area contributed by atoms with Crippen LogP contribution >= 0.6 is 15.9 Å². The summed E-state index contributed by atoms with van der Waals surface area (Å²) in [5.41, 5.74) is 6.29. The lowest BCUT2D eigenvalue weighted by molar-refractivity contribution is -0.120. The number of amides is 1. The summed E-state index contributed by atoms with van der Waals surface area (Å²) in [5, 5.41) is 2.87. The number of anilines is 1. The topological polar surface area (TPSA) is 72.2 Å². The molecule has 1 saturated carbocycles. The summed E-state index contributed by atoms with van der Waals surface area (Å²) in [6, 6.07) is 5.60. The summed E-state index contributed by atoms with van der Waals surface area (Å²) in [5.74, 6) is 0.284. The first kappa shape index (κ1) is 13.5. The Morgan fingerprint density at radius 3 is 2.83 bits per heavy atom. The van der Waals surface area contributed by atoms with Gasteiger partial charge in [-0.25, -0.2) is 0 Å². The van der Waals surface area contributed by atoms with Crippen LogP contribution in [0, 0.1) is 0 Å². The highest BCUT2D eigenvalue weighted by atomic mass is 79.9. The van der Waals surface area contributed by atoms with Gasteiger partial charge in [0.2, 0.25) is 5.91 Å². The first-order valence-corrected chi connectivity index (χ1v) is 7.90. The van der Waals surface area contributed by atoms with Gasteiger partial charge in [-0.1, -0.05) is 15.9 Å². The van der Waals surface area contributed by atoms with E-state index >= 15 is 0 Å². The number of carbonyl (C=O) groups is 1. The molecule has 0 aromatic heterocycles. The second-order valence-electron chi connectivity index (χ2n) is 4.32. The maximum absolute atomic E-state index is 12.0. The number of halogens is 1. The van der Waals surface area contributed by atoms with Crippen LogP contribution in [0.3, 0.4) is 0 Å². The average molecular weight is 331 g/mol. The van der Waals surface area contributed by atoms with Crippen LogP contribution in [-0.4, -0.2) is 21.9 Å². The van der Waals surface area contributed by atoms with Crippen molar-refractivity contribution in [1.82, 2.24) is 5.32 Å². The SMILES string of the molecule is Nc1cc(Br)ccc1S(=O)CCC(=O)NC1CC1. The van der Waals surface area contributed by atoms with Gasteiger partial charge in [0.05, 0.1) is 15.7 Å². The normalized spacial score (nSPS) is 16.3. The number of hydrogen-bond donors (Lipinski definition) is 2. The van der Waals surface area contributed by atoms with Gasteiger partial charge in [-0.05, 0) is 31.0 Å². The highest BCUT2D eigenvalue weighted by molar-refractivity contribution is 9.10. The molecule has 0 radical (unpaired) electrons. The maximum Gasteiger partial charge on any atom is 0.221 e. The Kier molecular flexibility index (Phi) is 4.40. The Bertz CT molecular complexity index is 489. The smallest absolute Gasteiger partial charge is 0.221 e. The van der Waals surface area contributed by atoms with Gasteiger partial charge in [-0.3, -0.25) is 9.00 Å². The predicted octanol–water partition coefficient (Wildman–Crippen LogP) is 1.81. The molecule has 1 fully saturated rings. The van der Waals surface area contributed by atoms with Crippen molar-refractivity contribution in [1.29, 1.82) is 0 Å². The van der Waals surface area contributed by atoms with Crippen LogP contribution in [0.15, 0.2) is 27.6 Å². The summed E-state index contributed by atoms with van der Waals surface area (Å²) in [6.45, 7) is 0. The molecule has 0 heterocycles. The third-order valence-corrected chi connectivity index (χ3v) is 4.60. The zero-order chi connectivity index (χ0) is 13.1. The zero-order valence-electron chi connectivity index (χ0n) is 9.82. The van der Waals surface area contributed by atoms with Crippen molar-refractivity contribution in [3.63, 3.8) is 0 Å². The molecule has 0 spiro atoms. The molecule has 18 heavy (non-hydrogen) atoms. The Hall–Kier alpha value is -0.880. The van der Waals surface area contributed by atoms with E-state index in [4.69, 9.17) is 5.73 Å². The lowest BCUT2D eigenvalue weighted by Crippen LogP contribution is -2.26. The van der Waals surface area contributed by atoms with Gasteiger partial charge in [0.1, 0.15) is 0 Å². The Morgan fingerprint density at radius 1 is 1.50 bits per heavy atom. The molecule has 1 aliphatic rings. The molecule has 1 atom stereocenters. The van der Waals surface area contributed by atoms with Gasteiger partial charge >= 0.3 is 0 Å². The van der Waals surface area contributed by atoms with Crippen molar-refractivity contribution in [2.45, 2.75) is 30.2 Å². The summed E-state index contributed by atoms with van der Waals surface area (Å²) in [4.78, 5) is 12.1. The van der Waals surface area contributed by atoms with Crippen molar-refractivity contribution in [2.75, 3.05) is 11.5 Å². The van der Waals surface area contributed by atoms with E-state index in [9.17, 15) is 9.00 Å². The van der Waals surface area contributed by atoms with Gasteiger partial charge in [0.15, 0.2) is 0 Å². The van der Waals surface area contributed by atoms with Crippen LogP contribution in [0.5, 0.6) is 0 Å². The quantitative estimate of drug-likeness (QED) is 0.808. The first-order valence-electron chi connectivity index (χ1n) is 5.79. The van der Waals surface area contributed by atoms with Gasteiger partial charge in [0, 0.05) is 28.4 Å². The fourth-order valence-electron chi connectivity index (χ4n) is 1.55. The van der Waals surface area contributed by atoms with Crippen LogP contribution in [0.25, 0.3) is 0 Å². The molecule has 1 aliphatic carbocycles. The number of rotatable bonds is 5. The third-order valence-electron chi connectivity index (χ3n) is 2.67. The lowest BCUT2D eigenvalue weighted by Gasteiger charge is -2.06. The van der Waals surface area contributed by atoms with Crippen LogP contribution < -0.4 is 11.1 Å². The average Bonchev–Trinajstić information content (AvgIpc) is 3.10. The highest BCUT2D eigenvalue weighted by Crippen LogP contribution is 2.22. The second kappa shape index (κ2) is 5.84. The van der Waals surface area contributed by atoms with E-state index in [1.165, 1.54) is 0 Å². The third kappa shape index (κ3) is 3.81. The molecule has 1 amide bonds. The van der Waals surface area contributed by atoms with Gasteiger partial charge < -0.3 is 11.1 Å². The molecule has 0 aliphatic heterocycles. The fourth-order valence-corrected chi connectivity index (χ4v) is 3.06. The number of benzene rings is 1. The van der Waals surface area contributed by atoms with Crippen molar-refractivity contribution in [3.8, 4) is 0 Å². The summed E-state index contributed by atoms with van der Waals surface area (Å²) in [7, 11) is -1.22. The van der Waals surface area contributed by atoms with E-state index < -0.39 is 10.8 Å². The Balaban J connectivity index is 1.88. The second-order valence-corrected chi connectivity index (χ2v) is 6.78. The van der Waals surface area contributed by atoms with Gasteiger partial charge in [-0.15, -0.1) is 0 Å². The predicted molar refractivity (Wildman–Crippen MR) is 75.6 cm³/mol. The monoisotopic (exact) mass is 330 g/mol. The van der Waals surface area contributed by atoms with E-state index in [1.54, 1.807) is 18.2 Å². The van der Waals surface area contributed by atoms with Crippen LogP contribution in [-0.2, 0) is 15.6 Å². The molecule has 0 bridgehead atoms. The van der Waals surface area contributed by atoms with Gasteiger partial charge in [0.25, 0.3) is 0 Å². The number of nitrogen functional groups attached to an aromatic ring is 1. The van der Waals surface area contributed by atoms with Gasteiger partial charge in [-0.2, -0.15) is 0 Å². The molecule has 1 aromatic carbocycles. The molecule has 4 nitrogen and oxygen atoms in total. The Labute approximate surface area is 117 Å². The van der Waals surface area contributed by atoms with Crippen LogP contribution in [0.2, 0.25) is 0 Å². The van der Waals surface area contributed by atoms with Crippen molar-refractivity contribution >= 4 is 38.3 Å². The van der Waals surface area contributed by atoms with Crippen molar-refractivity contribution in [2.24, 2.45) is 0 Å². The van der Waals surface area contributed by atoms with Crippen molar-refractivity contribution in [3.05, 3.63) is 22.7 Å². The van der Waals surface area contributed by atoms with E-state index in [2.05, 4.69) is 21.2 Å². The molecule has 3 N–H and O–H groups in total. The summed E-state index contributed by atoms with van der Waals surface area (Å²) in [6.07, 6.45) is 2.40. The van der Waals surface area contributed by atoms with E-state index in [-0.39, 0.29) is 12.3 Å². The van der Waals surface area contributed by atoms with E-state index in [0.717, 1.165) is 17.3 Å². The maximum atomic E-state index is 12.0. The number of carbonyl (C=O) groups excluding carboxylic acids is 1. The molecule has 0 saturated heterocycles. The van der Waals surface area contributed by atoms with Crippen molar-refractivity contribution < 1.29 is 9.00 Å². The summed E-state index contributed by atoms with van der Waals surface area (Å²) < 4.78 is 12.9. The summed E-state index contributed by atoms with van der Waals surface area (Å²) >= 11 is 3.30. The number of nitrogens with one attached hydrogen (secondary N) is 1. The highest BCUT2D eigenvalue weighted by Gasteiger charge is 2.23. The standard InChI is InChI=1S/C12H15BrN2O2S/c13-8-1-4-11(10(14)7-8)18(17)6-5-12(16)15-9-2-3-9/h1,4,7,9H,2-3,5-6,14H2,(H,15,16). The van der Waals surface area contributed by atoms with E-state index in [1.807, 2.05) is 0 Å². The minimum absolute atomic E-state index is 0.0264. The Morgan fingerprint density at radius 2 is 2.22 bits per heavy atom. The molecular weight excluding hydrogens is 316 g/mol. The van der Waals surface area contributed by atoms with Crippen LogP contribution in [0.4, 0.5) is 5.69 Å². The molecule has 6 heteroatoms. The molecule has 1 aromatic rings. The minimum Gasteiger partial charge on any atom is -0.398 e. The molecule has 1 unspecified atom stereocenters.